The minimum atomic E-state index is -1.72. The van der Waals surface area contributed by atoms with Gasteiger partial charge in [-0.15, -0.1) is 0 Å². The van der Waals surface area contributed by atoms with E-state index in [4.69, 9.17) is 5.73 Å². The summed E-state index contributed by atoms with van der Waals surface area (Å²) in [4.78, 5) is 185. The Kier molecular flexibility index (Phi) is 30.9. The molecule has 0 aromatic rings. The van der Waals surface area contributed by atoms with Crippen molar-refractivity contribution in [2.45, 2.75) is 198 Å². The lowest BCUT2D eigenvalue weighted by Gasteiger charge is -2.31. The fourth-order valence-corrected chi connectivity index (χ4v) is 14.4. The third kappa shape index (κ3) is 21.4. The highest BCUT2D eigenvalue weighted by Crippen LogP contribution is 2.27. The van der Waals surface area contributed by atoms with Gasteiger partial charge in [0.15, 0.2) is 0 Å². The molecule has 4 aliphatic rings. The van der Waals surface area contributed by atoms with Crippen LogP contribution in [0.3, 0.4) is 0 Å². The molecule has 32 heteroatoms. The number of unbranched alkanes of at least 4 members (excludes halogenated alkanes) is 2. The number of rotatable bonds is 14. The van der Waals surface area contributed by atoms with Gasteiger partial charge in [0.2, 0.25) is 70.9 Å². The third-order valence-electron chi connectivity index (χ3n) is 15.1. The Morgan fingerprint density at radius 2 is 0.988 bits per heavy atom. The molecule has 4 saturated heterocycles. The quantitative estimate of drug-likeness (QED) is 0.0828. The van der Waals surface area contributed by atoms with Gasteiger partial charge in [0.05, 0.1) is 13.2 Å². The molecule has 2 bridgehead atoms. The lowest BCUT2D eigenvalue weighted by Crippen LogP contribution is -2.61. The average molecular weight is 1270 g/mol. The van der Waals surface area contributed by atoms with Crippen LogP contribution >= 0.6 is 43.2 Å². The van der Waals surface area contributed by atoms with Gasteiger partial charge in [0.1, 0.15) is 72.5 Å². The van der Waals surface area contributed by atoms with Gasteiger partial charge >= 0.3 is 5.97 Å². The lowest BCUT2D eigenvalue weighted by atomic mass is 9.97. The number of aliphatic hydroxyl groups is 1. The molecule has 4 heterocycles. The summed E-state index contributed by atoms with van der Waals surface area (Å²) in [6.07, 6.45) is 3.86. The second-order valence-electron chi connectivity index (χ2n) is 21.3. The number of aliphatic hydroxyl groups excluding tert-OH is 1. The zero-order valence-electron chi connectivity index (χ0n) is 49.2. The van der Waals surface area contributed by atoms with Crippen LogP contribution in [-0.2, 0) is 62.3 Å². The summed E-state index contributed by atoms with van der Waals surface area (Å²) in [6, 6.07) is -16.2. The fourth-order valence-electron chi connectivity index (χ4n) is 9.79. The first kappa shape index (κ1) is 71.9. The summed E-state index contributed by atoms with van der Waals surface area (Å²) in [5.41, 5.74) is 5.64. The molecule has 4 aliphatic heterocycles. The summed E-state index contributed by atoms with van der Waals surface area (Å²) >= 11 is 0. The van der Waals surface area contributed by atoms with E-state index in [9.17, 15) is 72.5 Å². The number of nitrogens with one attached hydrogen (secondary N) is 10. The van der Waals surface area contributed by atoms with E-state index in [2.05, 4.69) is 53.2 Å². The van der Waals surface area contributed by atoms with Crippen molar-refractivity contribution in [1.82, 2.24) is 63.0 Å². The fraction of sp³-hybridized carbons (Fsp3) is 0.755. The summed E-state index contributed by atoms with van der Waals surface area (Å²) in [5.74, 6) is -12.8. The molecular formula is C53H87N13O15S4. The zero-order valence-corrected chi connectivity index (χ0v) is 52.4. The van der Waals surface area contributed by atoms with Crippen LogP contribution in [0, 0.1) is 5.92 Å². The van der Waals surface area contributed by atoms with Crippen LogP contribution < -0.4 is 58.9 Å². The molecule has 13 atom stereocenters. The maximum absolute atomic E-state index is 14.7. The van der Waals surface area contributed by atoms with Crippen LogP contribution in [0.2, 0.25) is 0 Å². The Morgan fingerprint density at radius 3 is 1.47 bits per heavy atom. The van der Waals surface area contributed by atoms with Crippen molar-refractivity contribution in [3.05, 3.63) is 0 Å². The number of carboxylic acid groups (broad SMARTS) is 1. The highest BCUT2D eigenvalue weighted by molar-refractivity contribution is 8.77. The molecule has 0 spiro atoms. The first-order chi connectivity index (χ1) is 40.6. The molecule has 28 nitrogen and oxygen atoms in total. The van der Waals surface area contributed by atoms with Crippen LogP contribution in [0.25, 0.3) is 0 Å². The maximum atomic E-state index is 14.7. The maximum Gasteiger partial charge on any atom is 0.327 e. The van der Waals surface area contributed by atoms with Crippen molar-refractivity contribution in [3.63, 3.8) is 0 Å². The summed E-state index contributed by atoms with van der Waals surface area (Å²) in [5, 5.41) is 47.2. The van der Waals surface area contributed by atoms with Crippen LogP contribution in [-0.4, -0.2) is 219 Å². The Labute approximate surface area is 511 Å². The number of nitrogens with two attached hydrogens (primary N) is 1. The lowest BCUT2D eigenvalue weighted by molar-refractivity contribution is -0.144. The van der Waals surface area contributed by atoms with Crippen molar-refractivity contribution in [1.29, 1.82) is 0 Å². The minimum Gasteiger partial charge on any atom is -0.480 e. The molecule has 478 valence electrons. The standard InChI is InChI=1S/C53H87N13O15S4/c1-7-12-16-31-51(78)66-21-15-19-39(66)49(76)63-37(53(80)81)27-85-84-25-35-46(73)60-33(23-67)44(71)59-32(17-13-8-2)52(79)65-20-14-18-38(65)48(75)56-29(10-4)43(70)61-36(26-83-82-24-34(45(72)62-35)55-40(68)22-54)47(74)64-41(28(6)9-3)50(77)57-30(11-5)42(69)58-31/h28-39,41,67H,7-27,54H2,1-6H3,(H,55,68)(H,56,75)(H,57,77)(H,58,69)(H,59,71)(H,60,73)(H,61,70)(H,62,72)(H,63,76)(H,64,74)(H,80,81)/t28-,29+,30+,31+,32+,33+,34+,35+,36+,37+,38+,39+,41+/m1/s1. The van der Waals surface area contributed by atoms with Gasteiger partial charge in [0.25, 0.3) is 0 Å². The Morgan fingerprint density at radius 1 is 0.553 bits per heavy atom. The average Bonchev–Trinajstić information content (AvgIpc) is 3.77. The van der Waals surface area contributed by atoms with Crippen LogP contribution in [0.1, 0.15) is 125 Å². The number of nitrogens with zero attached hydrogens (tertiary/aromatic N) is 2. The Balaban J connectivity index is 1.89. The van der Waals surface area contributed by atoms with Gasteiger partial charge in [-0.2, -0.15) is 0 Å². The minimum absolute atomic E-state index is 0.00775. The van der Waals surface area contributed by atoms with Gasteiger partial charge in [-0.25, -0.2) is 4.79 Å². The first-order valence-corrected chi connectivity index (χ1v) is 34.2. The van der Waals surface area contributed by atoms with Crippen molar-refractivity contribution in [2.75, 3.05) is 49.3 Å². The monoisotopic (exact) mass is 1270 g/mol. The van der Waals surface area contributed by atoms with E-state index in [1.165, 1.54) is 9.80 Å². The summed E-state index contributed by atoms with van der Waals surface area (Å²) in [6.45, 7) is 9.10. The second kappa shape index (κ2) is 36.5. The van der Waals surface area contributed by atoms with E-state index in [0.29, 0.717) is 44.9 Å². The first-order valence-electron chi connectivity index (χ1n) is 29.2. The zero-order chi connectivity index (χ0) is 62.9. The van der Waals surface area contributed by atoms with Gasteiger partial charge in [-0.05, 0) is 57.3 Å². The number of amides is 12. The molecule has 85 heavy (non-hydrogen) atoms. The van der Waals surface area contributed by atoms with Crippen molar-refractivity contribution >= 4 is 120 Å². The number of fused-ring (bicyclic) bond motifs is 10. The molecule has 0 saturated carbocycles. The third-order valence-corrected chi connectivity index (χ3v) is 20.0. The van der Waals surface area contributed by atoms with Crippen LogP contribution in [0.5, 0.6) is 0 Å². The summed E-state index contributed by atoms with van der Waals surface area (Å²) in [7, 11) is 3.70. The molecule has 0 unspecified atom stereocenters. The van der Waals surface area contributed by atoms with E-state index >= 15 is 0 Å². The number of hydrogen-bond donors (Lipinski definition) is 13. The van der Waals surface area contributed by atoms with Gasteiger partial charge in [-0.3, -0.25) is 57.5 Å². The van der Waals surface area contributed by atoms with E-state index < -0.39 is 168 Å². The van der Waals surface area contributed by atoms with Gasteiger partial charge in [0, 0.05) is 36.1 Å². The smallest absolute Gasteiger partial charge is 0.327 e. The molecule has 0 radical (unpaired) electrons. The molecule has 0 aromatic carbocycles. The molecule has 0 aromatic heterocycles. The van der Waals surface area contributed by atoms with E-state index in [1.807, 2.05) is 13.8 Å². The van der Waals surface area contributed by atoms with Crippen molar-refractivity contribution in [2.24, 2.45) is 11.7 Å². The van der Waals surface area contributed by atoms with Gasteiger partial charge in [-0.1, -0.05) is 117 Å². The second-order valence-corrected chi connectivity index (χ2v) is 26.4. The number of hydrogen-bond acceptors (Lipinski definition) is 19. The predicted octanol–water partition coefficient (Wildman–Crippen LogP) is -2.11. The van der Waals surface area contributed by atoms with E-state index in [0.717, 1.165) is 43.2 Å². The number of carbonyl (C=O) groups excluding carboxylic acids is 12. The Bertz CT molecular complexity index is 2380. The Hall–Kier alpha value is -5.57. The van der Waals surface area contributed by atoms with Gasteiger partial charge < -0.3 is 78.9 Å². The summed E-state index contributed by atoms with van der Waals surface area (Å²) < 4.78 is 0. The highest BCUT2D eigenvalue weighted by Gasteiger charge is 2.43. The molecule has 12 amide bonds. The van der Waals surface area contributed by atoms with Crippen LogP contribution in [0.4, 0.5) is 0 Å². The number of carbonyl (C=O) groups is 13. The normalized spacial score (nSPS) is 29.7. The largest absolute Gasteiger partial charge is 0.480 e. The topological polar surface area (TPSA) is 415 Å². The van der Waals surface area contributed by atoms with E-state index in [-0.39, 0.29) is 74.6 Å². The number of carboxylic acids is 1. The highest BCUT2D eigenvalue weighted by atomic mass is 33.1. The van der Waals surface area contributed by atoms with E-state index in [1.54, 1.807) is 27.7 Å². The van der Waals surface area contributed by atoms with Crippen molar-refractivity contribution in [3.8, 4) is 0 Å². The molecule has 14 N–H and O–H groups in total. The molecular weight excluding hydrogens is 1190 g/mol. The number of aliphatic carboxylic acids is 1. The predicted molar refractivity (Wildman–Crippen MR) is 321 cm³/mol. The SMILES string of the molecule is CCCC[C@@H]1NC(=O)[C@H](CC)NC(=O)[C@H]([C@H](C)CC)NC(=O)[C@@H]2CSSC[C@H](NC(=O)CN)C(=O)N[C@@H](CSSC[C@@H](C(=O)O)NC(=O)[C@@H]3CCCN3C1=O)C(=O)N[C@@H](CO)C(=O)N[C@@H](CCCC)C(=O)N1CCC[C@H]1C(=O)N[C@@H](CC)C(=O)N2. The molecule has 0 aliphatic carbocycles. The molecule has 4 fully saturated rings. The molecule has 4 rings (SSSR count). The van der Waals surface area contributed by atoms with Crippen LogP contribution in [0.15, 0.2) is 0 Å². The van der Waals surface area contributed by atoms with Crippen molar-refractivity contribution < 1.29 is 72.5 Å².